The summed E-state index contributed by atoms with van der Waals surface area (Å²) < 4.78 is 2.60. The zero-order valence-electron chi connectivity index (χ0n) is 17.7. The maximum Gasteiger partial charge on any atom is 0.288 e. The molecule has 2 atom stereocenters. The Morgan fingerprint density at radius 2 is 2.12 bits per heavy atom. The van der Waals surface area contributed by atoms with Gasteiger partial charge in [-0.05, 0) is 61.8 Å². The first-order valence-corrected chi connectivity index (χ1v) is 12.6. The van der Waals surface area contributed by atoms with E-state index in [0.717, 1.165) is 66.2 Å². The molecule has 2 heterocycles. The normalized spacial score (nSPS) is 21.2. The second kappa shape index (κ2) is 10.9. The molecule has 2 unspecified atom stereocenters. The molecule has 2 aliphatic carbocycles. The van der Waals surface area contributed by atoms with Gasteiger partial charge in [0.05, 0.1) is 11.6 Å². The van der Waals surface area contributed by atoms with Gasteiger partial charge in [-0.2, -0.15) is 4.49 Å². The molecule has 0 fully saturated rings. The number of aliphatic imine (C=N–C) groups is 2. The van der Waals surface area contributed by atoms with Crippen molar-refractivity contribution in [3.63, 3.8) is 0 Å². The number of hydrogen-bond acceptors (Lipinski definition) is 9. The molecule has 3 aliphatic rings. The van der Waals surface area contributed by atoms with Gasteiger partial charge in [0.25, 0.3) is 8.45 Å². The summed E-state index contributed by atoms with van der Waals surface area (Å²) in [5.74, 6) is 1.48. The van der Waals surface area contributed by atoms with Crippen LogP contribution in [0.25, 0.3) is 0 Å². The van der Waals surface area contributed by atoms with Crippen LogP contribution in [-0.2, 0) is 0 Å². The van der Waals surface area contributed by atoms with E-state index in [-0.39, 0.29) is 5.92 Å². The standard InChI is InChI=1S/C22H25N6O2PS/c1-2-24-22-19-12-16(15-7-4-3-5-8-15)9-6-10-20(19)25-21(26-22)17-11-18(14-23-13-17)32-28-31(30)27-29/h3-4,7,10-14,19,28,30H,2,5-6,8-9H2,1H3,(H,24,25,26). The average Bonchev–Trinajstić information content (AvgIpc) is 3.06. The largest absolute Gasteiger partial charge is 0.373 e. The summed E-state index contributed by atoms with van der Waals surface area (Å²) in [6, 6.07) is 1.88. The number of nitrogens with one attached hydrogen (secondary N) is 2. The van der Waals surface area contributed by atoms with Gasteiger partial charge in [0.15, 0.2) is 5.84 Å². The number of nitrogens with zero attached hydrogens (tertiary/aromatic N) is 4. The summed E-state index contributed by atoms with van der Waals surface area (Å²) in [5.41, 5.74) is 4.54. The van der Waals surface area contributed by atoms with Crippen LogP contribution in [0, 0.1) is 10.8 Å². The summed E-state index contributed by atoms with van der Waals surface area (Å²) in [4.78, 5) is 37.1. The molecule has 1 aliphatic heterocycles. The molecule has 0 bridgehead atoms. The third-order valence-corrected chi connectivity index (χ3v) is 6.92. The number of rotatable bonds is 7. The van der Waals surface area contributed by atoms with Gasteiger partial charge in [-0.3, -0.25) is 4.98 Å². The summed E-state index contributed by atoms with van der Waals surface area (Å²) in [7, 11) is -2.10. The van der Waals surface area contributed by atoms with Crippen LogP contribution in [0.15, 0.2) is 85.5 Å². The van der Waals surface area contributed by atoms with Crippen molar-refractivity contribution in [2.24, 2.45) is 20.9 Å². The predicted octanol–water partition coefficient (Wildman–Crippen LogP) is 4.93. The maximum atomic E-state index is 10.4. The number of allylic oxidation sites excluding steroid dienone is 6. The molecule has 32 heavy (non-hydrogen) atoms. The van der Waals surface area contributed by atoms with Crippen molar-refractivity contribution in [2.45, 2.75) is 37.5 Å². The third-order valence-electron chi connectivity index (χ3n) is 5.29. The van der Waals surface area contributed by atoms with Crippen LogP contribution < -0.4 is 9.81 Å². The lowest BCUT2D eigenvalue weighted by atomic mass is 9.91. The quantitative estimate of drug-likeness (QED) is 0.297. The highest BCUT2D eigenvalue weighted by Gasteiger charge is 2.27. The SMILES string of the molecule is CCNC1=NC(c2cncc(SNP(O)N=O)c2)=NC2=CCCC(C3=CC=CCC3)=CC21. The Morgan fingerprint density at radius 1 is 1.25 bits per heavy atom. The molecule has 166 valence electrons. The average molecular weight is 469 g/mol. The predicted molar refractivity (Wildman–Crippen MR) is 131 cm³/mol. The number of amidine groups is 2. The highest BCUT2D eigenvalue weighted by atomic mass is 32.2. The minimum atomic E-state index is -2.10. The van der Waals surface area contributed by atoms with Crippen LogP contribution in [0.1, 0.15) is 38.2 Å². The van der Waals surface area contributed by atoms with Crippen molar-refractivity contribution in [1.29, 1.82) is 0 Å². The fourth-order valence-electron chi connectivity index (χ4n) is 3.84. The Balaban J connectivity index is 1.63. The van der Waals surface area contributed by atoms with Crippen molar-refractivity contribution in [1.82, 2.24) is 14.8 Å². The second-order valence-electron chi connectivity index (χ2n) is 7.43. The lowest BCUT2D eigenvalue weighted by Crippen LogP contribution is -2.34. The zero-order chi connectivity index (χ0) is 22.3. The van der Waals surface area contributed by atoms with E-state index in [1.807, 2.05) is 6.07 Å². The van der Waals surface area contributed by atoms with Crippen LogP contribution >= 0.6 is 20.4 Å². The van der Waals surface area contributed by atoms with Gasteiger partial charge >= 0.3 is 0 Å². The van der Waals surface area contributed by atoms with E-state index in [9.17, 15) is 9.80 Å². The smallest absolute Gasteiger partial charge is 0.288 e. The number of aromatic nitrogens is 1. The summed E-state index contributed by atoms with van der Waals surface area (Å²) >= 11 is 1.10. The van der Waals surface area contributed by atoms with Gasteiger partial charge in [0.2, 0.25) is 0 Å². The van der Waals surface area contributed by atoms with Crippen LogP contribution in [0.5, 0.6) is 0 Å². The molecule has 0 spiro atoms. The Labute approximate surface area is 192 Å². The van der Waals surface area contributed by atoms with E-state index in [0.29, 0.717) is 5.84 Å². The van der Waals surface area contributed by atoms with Crippen molar-refractivity contribution >= 4 is 32.1 Å². The van der Waals surface area contributed by atoms with Crippen LogP contribution in [0.2, 0.25) is 0 Å². The fraction of sp³-hybridized carbons (Fsp3) is 0.318. The second-order valence-corrected chi connectivity index (χ2v) is 9.58. The first-order chi connectivity index (χ1) is 15.7. The number of fused-ring (bicyclic) bond motifs is 1. The van der Waals surface area contributed by atoms with Crippen LogP contribution in [0.3, 0.4) is 0 Å². The molecule has 0 radical (unpaired) electrons. The van der Waals surface area contributed by atoms with Crippen molar-refractivity contribution in [3.8, 4) is 0 Å². The van der Waals surface area contributed by atoms with Gasteiger partial charge in [-0.25, -0.2) is 9.98 Å². The minimum absolute atomic E-state index is 0.00630. The van der Waals surface area contributed by atoms with Crippen molar-refractivity contribution in [2.75, 3.05) is 6.54 Å². The highest BCUT2D eigenvalue weighted by Crippen LogP contribution is 2.34. The van der Waals surface area contributed by atoms with Gasteiger partial charge in [0, 0.05) is 34.3 Å². The third kappa shape index (κ3) is 5.48. The molecule has 10 heteroatoms. The van der Waals surface area contributed by atoms with E-state index in [1.54, 1.807) is 12.4 Å². The Bertz CT molecular complexity index is 1060. The van der Waals surface area contributed by atoms with Crippen LogP contribution in [-0.4, -0.2) is 28.1 Å². The molecular formula is C22H25N6O2PS. The Morgan fingerprint density at radius 3 is 2.91 bits per heavy atom. The number of hydrogen-bond donors (Lipinski definition) is 3. The van der Waals surface area contributed by atoms with Gasteiger partial charge in [-0.1, -0.05) is 30.4 Å². The first-order valence-electron chi connectivity index (χ1n) is 10.6. The van der Waals surface area contributed by atoms with Gasteiger partial charge < -0.3 is 10.2 Å². The zero-order valence-corrected chi connectivity index (χ0v) is 19.4. The molecule has 4 rings (SSSR count). The topological polar surface area (TPSA) is 111 Å². The lowest BCUT2D eigenvalue weighted by molar-refractivity contribution is 0.623. The van der Waals surface area contributed by atoms with E-state index < -0.39 is 8.45 Å². The lowest BCUT2D eigenvalue weighted by Gasteiger charge is -2.23. The summed E-state index contributed by atoms with van der Waals surface area (Å²) in [5, 5.41) is 3.43. The van der Waals surface area contributed by atoms with E-state index in [2.05, 4.69) is 57.0 Å². The molecular weight excluding hydrogens is 443 g/mol. The highest BCUT2D eigenvalue weighted by molar-refractivity contribution is 8.01. The molecule has 3 N–H and O–H groups in total. The molecule has 1 aromatic rings. The van der Waals surface area contributed by atoms with Crippen molar-refractivity contribution in [3.05, 3.63) is 76.2 Å². The molecule has 8 nitrogen and oxygen atoms in total. The monoisotopic (exact) mass is 468 g/mol. The summed E-state index contributed by atoms with van der Waals surface area (Å²) in [6.07, 6.45) is 18.6. The molecule has 0 amide bonds. The van der Waals surface area contributed by atoms with E-state index in [4.69, 9.17) is 9.98 Å². The molecule has 0 saturated heterocycles. The van der Waals surface area contributed by atoms with Crippen molar-refractivity contribution < 1.29 is 4.89 Å². The molecule has 0 saturated carbocycles. The number of nitroso groups, excluding NO2 is 1. The number of pyridine rings is 1. The van der Waals surface area contributed by atoms with Gasteiger partial charge in [-0.15, -0.1) is 4.91 Å². The fourth-order valence-corrected chi connectivity index (χ4v) is 5.02. The first kappa shape index (κ1) is 22.7. The van der Waals surface area contributed by atoms with E-state index >= 15 is 0 Å². The Hall–Kier alpha value is -2.45. The minimum Gasteiger partial charge on any atom is -0.373 e. The summed E-state index contributed by atoms with van der Waals surface area (Å²) in [6.45, 7) is 2.83. The van der Waals surface area contributed by atoms with Gasteiger partial charge in [0.1, 0.15) is 5.84 Å². The van der Waals surface area contributed by atoms with E-state index in [1.165, 1.54) is 11.1 Å². The molecule has 1 aromatic heterocycles. The maximum absolute atomic E-state index is 10.4. The Kier molecular flexibility index (Phi) is 7.76. The van der Waals surface area contributed by atoms with Crippen LogP contribution in [0.4, 0.5) is 0 Å². The molecule has 0 aromatic carbocycles.